The molecular weight excluding hydrogens is 290 g/mol. The van der Waals surface area contributed by atoms with E-state index in [0.29, 0.717) is 11.9 Å². The first kappa shape index (κ1) is 14.6. The van der Waals surface area contributed by atoms with E-state index in [1.165, 1.54) is 0 Å². The van der Waals surface area contributed by atoms with Crippen molar-refractivity contribution in [2.24, 2.45) is 0 Å². The zero-order valence-electron chi connectivity index (χ0n) is 13.0. The molecule has 0 N–H and O–H groups in total. The average Bonchev–Trinajstić information content (AvgIpc) is 2.95. The van der Waals surface area contributed by atoms with Gasteiger partial charge in [-0.05, 0) is 31.0 Å². The predicted molar refractivity (Wildman–Crippen MR) is 86.1 cm³/mol. The van der Waals surface area contributed by atoms with Gasteiger partial charge in [-0.3, -0.25) is 9.88 Å². The molecule has 2 saturated heterocycles. The molecule has 2 aromatic rings. The second-order valence-electron chi connectivity index (χ2n) is 6.12. The number of ether oxygens (including phenoxy) is 2. The number of likely N-dealkylation sites (tertiary alicyclic amines) is 1. The highest BCUT2D eigenvalue weighted by Crippen LogP contribution is 2.32. The fraction of sp³-hybridized carbons (Fsp3) is 0.444. The Morgan fingerprint density at radius 1 is 1.13 bits per heavy atom. The van der Waals surface area contributed by atoms with E-state index in [1.54, 1.807) is 6.20 Å². The number of hydrogen-bond donors (Lipinski definition) is 0. The number of aromatic nitrogens is 2. The Hall–Kier alpha value is -1.98. The first-order valence-electron chi connectivity index (χ1n) is 8.23. The fourth-order valence-electron chi connectivity index (χ4n) is 3.56. The van der Waals surface area contributed by atoms with Gasteiger partial charge in [0.15, 0.2) is 0 Å². The zero-order valence-corrected chi connectivity index (χ0v) is 13.0. The van der Waals surface area contributed by atoms with Crippen LogP contribution in [0.1, 0.15) is 18.5 Å². The summed E-state index contributed by atoms with van der Waals surface area (Å²) in [6.07, 6.45) is 6.01. The van der Waals surface area contributed by atoms with E-state index in [4.69, 9.17) is 9.47 Å². The summed E-state index contributed by atoms with van der Waals surface area (Å²) in [5.74, 6) is 0.671. The first-order valence-corrected chi connectivity index (χ1v) is 8.23. The number of nitrogens with zero attached hydrogens (tertiary/aromatic N) is 3. The van der Waals surface area contributed by atoms with E-state index >= 15 is 0 Å². The third-order valence-corrected chi connectivity index (χ3v) is 4.58. The Kier molecular flexibility index (Phi) is 4.22. The van der Waals surface area contributed by atoms with Crippen molar-refractivity contribution >= 4 is 0 Å². The lowest BCUT2D eigenvalue weighted by molar-refractivity contribution is -0.0480. The van der Waals surface area contributed by atoms with E-state index in [9.17, 15) is 0 Å². The maximum atomic E-state index is 6.11. The van der Waals surface area contributed by atoms with Crippen molar-refractivity contribution in [3.63, 3.8) is 0 Å². The molecule has 2 fully saturated rings. The molecule has 0 radical (unpaired) electrons. The molecule has 0 aliphatic carbocycles. The molecule has 2 aliphatic heterocycles. The first-order chi connectivity index (χ1) is 11.4. The molecule has 0 saturated carbocycles. The molecule has 0 unspecified atom stereocenters. The van der Waals surface area contributed by atoms with Gasteiger partial charge in [0.1, 0.15) is 12.2 Å². The van der Waals surface area contributed by atoms with Crippen molar-refractivity contribution in [3.05, 3.63) is 54.5 Å². The van der Waals surface area contributed by atoms with Crippen molar-refractivity contribution in [2.75, 3.05) is 13.2 Å². The van der Waals surface area contributed by atoms with Gasteiger partial charge in [0, 0.05) is 44.2 Å². The van der Waals surface area contributed by atoms with Gasteiger partial charge in [0.2, 0.25) is 5.88 Å². The highest BCUT2D eigenvalue weighted by Gasteiger charge is 2.45. The fourth-order valence-corrected chi connectivity index (χ4v) is 3.56. The molecule has 0 spiro atoms. The van der Waals surface area contributed by atoms with Gasteiger partial charge in [-0.2, -0.15) is 0 Å². The van der Waals surface area contributed by atoms with Crippen molar-refractivity contribution in [3.8, 4) is 5.88 Å². The van der Waals surface area contributed by atoms with Crippen LogP contribution in [-0.2, 0) is 11.3 Å². The molecule has 23 heavy (non-hydrogen) atoms. The van der Waals surface area contributed by atoms with Gasteiger partial charge in [-0.25, -0.2) is 4.98 Å². The molecule has 120 valence electrons. The monoisotopic (exact) mass is 311 g/mol. The van der Waals surface area contributed by atoms with Crippen molar-refractivity contribution < 1.29 is 9.47 Å². The molecule has 2 aromatic heterocycles. The van der Waals surface area contributed by atoms with E-state index in [-0.39, 0.29) is 12.2 Å². The summed E-state index contributed by atoms with van der Waals surface area (Å²) in [5.41, 5.74) is 1.09. The minimum atomic E-state index is 0.0268. The van der Waals surface area contributed by atoms with E-state index in [1.807, 2.05) is 36.5 Å². The van der Waals surface area contributed by atoms with Crippen LogP contribution in [0.4, 0.5) is 0 Å². The standard InChI is InChI=1S/C18H21N3O2/c1-3-9-19-14(6-1)12-21-13-16(18-15(21)7-5-11-22-18)23-17-8-2-4-10-20-17/h1-4,6,8-10,15-16,18H,5,7,11-13H2/t15-,16+,18+/m1/s1. The third-order valence-electron chi connectivity index (χ3n) is 4.58. The van der Waals surface area contributed by atoms with Crippen molar-refractivity contribution in [1.29, 1.82) is 0 Å². The number of fused-ring (bicyclic) bond motifs is 1. The lowest BCUT2D eigenvalue weighted by Crippen LogP contribution is -2.42. The van der Waals surface area contributed by atoms with Crippen LogP contribution in [0.2, 0.25) is 0 Å². The lowest BCUT2D eigenvalue weighted by atomic mass is 10.0. The quantitative estimate of drug-likeness (QED) is 0.867. The van der Waals surface area contributed by atoms with Crippen LogP contribution < -0.4 is 4.74 Å². The van der Waals surface area contributed by atoms with Crippen LogP contribution in [0.25, 0.3) is 0 Å². The molecule has 5 nitrogen and oxygen atoms in total. The topological polar surface area (TPSA) is 47.5 Å². The molecule has 2 aliphatic rings. The SMILES string of the molecule is c1ccc(CN2C[C@H](Oc3ccccn3)[C@H]3OCCC[C@H]32)nc1. The Balaban J connectivity index is 1.50. The molecule has 5 heteroatoms. The highest BCUT2D eigenvalue weighted by atomic mass is 16.5. The largest absolute Gasteiger partial charge is 0.470 e. The summed E-state index contributed by atoms with van der Waals surface area (Å²) < 4.78 is 12.2. The zero-order chi connectivity index (χ0) is 15.5. The summed E-state index contributed by atoms with van der Waals surface area (Å²) in [5, 5.41) is 0. The highest BCUT2D eigenvalue weighted by molar-refractivity contribution is 5.12. The van der Waals surface area contributed by atoms with Gasteiger partial charge >= 0.3 is 0 Å². The molecule has 4 rings (SSSR count). The molecular formula is C18H21N3O2. The van der Waals surface area contributed by atoms with E-state index in [0.717, 1.165) is 38.2 Å². The number of rotatable bonds is 4. The van der Waals surface area contributed by atoms with Crippen LogP contribution in [0.5, 0.6) is 5.88 Å². The summed E-state index contributed by atoms with van der Waals surface area (Å²) in [4.78, 5) is 11.2. The normalized spacial score (nSPS) is 27.6. The number of hydrogen-bond acceptors (Lipinski definition) is 5. The minimum Gasteiger partial charge on any atom is -0.470 e. The van der Waals surface area contributed by atoms with Crippen LogP contribution in [-0.4, -0.2) is 46.3 Å². The van der Waals surface area contributed by atoms with Crippen molar-refractivity contribution in [1.82, 2.24) is 14.9 Å². The Morgan fingerprint density at radius 2 is 2.00 bits per heavy atom. The minimum absolute atomic E-state index is 0.0268. The summed E-state index contributed by atoms with van der Waals surface area (Å²) in [6.45, 7) is 2.51. The summed E-state index contributed by atoms with van der Waals surface area (Å²) in [6, 6.07) is 12.2. The van der Waals surface area contributed by atoms with Crippen LogP contribution >= 0.6 is 0 Å². The Morgan fingerprint density at radius 3 is 2.78 bits per heavy atom. The Labute approximate surface area is 136 Å². The molecule has 0 bridgehead atoms. The molecule has 0 aromatic carbocycles. The van der Waals surface area contributed by atoms with E-state index in [2.05, 4.69) is 20.9 Å². The second-order valence-corrected chi connectivity index (χ2v) is 6.12. The maximum absolute atomic E-state index is 6.11. The van der Waals surface area contributed by atoms with Gasteiger partial charge in [-0.15, -0.1) is 0 Å². The van der Waals surface area contributed by atoms with E-state index < -0.39 is 0 Å². The smallest absolute Gasteiger partial charge is 0.213 e. The van der Waals surface area contributed by atoms with Crippen LogP contribution in [0.3, 0.4) is 0 Å². The molecule has 0 amide bonds. The summed E-state index contributed by atoms with van der Waals surface area (Å²) in [7, 11) is 0. The molecule has 3 atom stereocenters. The van der Waals surface area contributed by atoms with Crippen LogP contribution in [0.15, 0.2) is 48.8 Å². The third kappa shape index (κ3) is 3.21. The summed E-state index contributed by atoms with van der Waals surface area (Å²) >= 11 is 0. The van der Waals surface area contributed by atoms with Gasteiger partial charge in [-0.1, -0.05) is 12.1 Å². The average molecular weight is 311 g/mol. The van der Waals surface area contributed by atoms with Gasteiger partial charge in [0.25, 0.3) is 0 Å². The molecule has 4 heterocycles. The predicted octanol–water partition coefficient (Wildman–Crippen LogP) is 2.29. The maximum Gasteiger partial charge on any atom is 0.213 e. The van der Waals surface area contributed by atoms with Gasteiger partial charge in [0.05, 0.1) is 5.69 Å². The Bertz CT molecular complexity index is 567. The second kappa shape index (κ2) is 6.64. The van der Waals surface area contributed by atoms with Crippen LogP contribution in [0, 0.1) is 0 Å². The van der Waals surface area contributed by atoms with Crippen molar-refractivity contribution in [2.45, 2.75) is 37.6 Å². The number of pyridine rings is 2. The van der Waals surface area contributed by atoms with Gasteiger partial charge < -0.3 is 9.47 Å². The lowest BCUT2D eigenvalue weighted by Gasteiger charge is -2.32.